The highest BCUT2D eigenvalue weighted by atomic mass is 79.9. The molecule has 0 radical (unpaired) electrons. The summed E-state index contributed by atoms with van der Waals surface area (Å²) in [6.07, 6.45) is 0. The van der Waals surface area contributed by atoms with Crippen LogP contribution in [0.4, 0.5) is 0 Å². The monoisotopic (exact) mass is 372 g/mol. The third-order valence-corrected chi connectivity index (χ3v) is 4.26. The van der Waals surface area contributed by atoms with Crippen molar-refractivity contribution in [3.05, 3.63) is 44.1 Å². The van der Waals surface area contributed by atoms with Crippen molar-refractivity contribution >= 4 is 37.8 Å². The van der Waals surface area contributed by atoms with Crippen LogP contribution in [0.3, 0.4) is 0 Å². The van der Waals surface area contributed by atoms with Gasteiger partial charge in [0.25, 0.3) is 0 Å². The molecule has 1 aromatic carbocycles. The third kappa shape index (κ3) is 2.22. The van der Waals surface area contributed by atoms with Crippen molar-refractivity contribution in [1.82, 2.24) is 9.78 Å². The minimum Gasteiger partial charge on any atom is -0.478 e. The highest BCUT2D eigenvalue weighted by molar-refractivity contribution is 9.10. The number of aromatic nitrogens is 2. The molecule has 0 amide bonds. The molecule has 0 spiro atoms. The van der Waals surface area contributed by atoms with E-state index in [0.717, 1.165) is 20.3 Å². The molecule has 0 atom stereocenters. The zero-order valence-corrected chi connectivity index (χ0v) is 12.9. The van der Waals surface area contributed by atoms with E-state index in [-0.39, 0.29) is 5.56 Å². The standard InChI is InChI=1S/C12H10Br2N2O2/c1-6-11(14)7(2)16(15-6)10-5-8(13)3-4-9(10)12(17)18/h3-5H,1-2H3,(H,17,18). The summed E-state index contributed by atoms with van der Waals surface area (Å²) in [6.45, 7) is 3.75. The number of halogens is 2. The lowest BCUT2D eigenvalue weighted by Crippen LogP contribution is -2.08. The van der Waals surface area contributed by atoms with E-state index in [9.17, 15) is 9.90 Å². The van der Waals surface area contributed by atoms with Gasteiger partial charge in [0.2, 0.25) is 0 Å². The first-order valence-corrected chi connectivity index (χ1v) is 6.75. The predicted octanol–water partition coefficient (Wildman–Crippen LogP) is 3.71. The molecule has 0 fully saturated rings. The van der Waals surface area contributed by atoms with Crippen LogP contribution >= 0.6 is 31.9 Å². The first-order valence-electron chi connectivity index (χ1n) is 5.16. The van der Waals surface area contributed by atoms with Crippen molar-refractivity contribution in [1.29, 1.82) is 0 Å². The van der Waals surface area contributed by atoms with E-state index in [4.69, 9.17) is 0 Å². The SMILES string of the molecule is Cc1nn(-c2cc(Br)ccc2C(=O)O)c(C)c1Br. The van der Waals surface area contributed by atoms with Gasteiger partial charge in [-0.2, -0.15) is 5.10 Å². The number of aryl methyl sites for hydroxylation is 1. The van der Waals surface area contributed by atoms with Gasteiger partial charge in [0.1, 0.15) is 0 Å². The summed E-state index contributed by atoms with van der Waals surface area (Å²) in [4.78, 5) is 11.2. The van der Waals surface area contributed by atoms with Gasteiger partial charge in [-0.15, -0.1) is 0 Å². The smallest absolute Gasteiger partial charge is 0.337 e. The number of carboxylic acid groups (broad SMARTS) is 1. The Bertz CT molecular complexity index is 635. The zero-order valence-electron chi connectivity index (χ0n) is 9.74. The average molecular weight is 374 g/mol. The molecule has 0 bridgehead atoms. The van der Waals surface area contributed by atoms with E-state index in [2.05, 4.69) is 37.0 Å². The van der Waals surface area contributed by atoms with E-state index in [1.807, 2.05) is 13.8 Å². The Morgan fingerprint density at radius 3 is 2.50 bits per heavy atom. The predicted molar refractivity (Wildman–Crippen MR) is 75.4 cm³/mol. The lowest BCUT2D eigenvalue weighted by molar-refractivity contribution is 0.0696. The van der Waals surface area contributed by atoms with Crippen LogP contribution < -0.4 is 0 Å². The molecule has 1 aromatic heterocycles. The van der Waals surface area contributed by atoms with Crippen molar-refractivity contribution in [3.63, 3.8) is 0 Å². The molecule has 94 valence electrons. The Morgan fingerprint density at radius 1 is 1.33 bits per heavy atom. The van der Waals surface area contributed by atoms with Crippen LogP contribution in [0.2, 0.25) is 0 Å². The second-order valence-corrected chi connectivity index (χ2v) is 5.57. The van der Waals surface area contributed by atoms with Crippen LogP contribution in [0.5, 0.6) is 0 Å². The minimum absolute atomic E-state index is 0.219. The maximum Gasteiger partial charge on any atom is 0.337 e. The molecule has 0 saturated heterocycles. The summed E-state index contributed by atoms with van der Waals surface area (Å²) in [6, 6.07) is 5.01. The fourth-order valence-electron chi connectivity index (χ4n) is 1.72. The molecule has 0 aliphatic rings. The molecule has 2 aromatic rings. The van der Waals surface area contributed by atoms with Crippen LogP contribution in [-0.4, -0.2) is 20.9 Å². The molecule has 0 aliphatic carbocycles. The number of rotatable bonds is 2. The van der Waals surface area contributed by atoms with Crippen molar-refractivity contribution in [2.45, 2.75) is 13.8 Å². The molecular weight excluding hydrogens is 364 g/mol. The Morgan fingerprint density at radius 2 is 2.00 bits per heavy atom. The first kappa shape index (κ1) is 13.3. The van der Waals surface area contributed by atoms with Gasteiger partial charge in [-0.3, -0.25) is 0 Å². The lowest BCUT2D eigenvalue weighted by atomic mass is 10.2. The average Bonchev–Trinajstić information content (AvgIpc) is 2.56. The summed E-state index contributed by atoms with van der Waals surface area (Å²) >= 11 is 6.78. The van der Waals surface area contributed by atoms with E-state index in [1.165, 1.54) is 0 Å². The Labute approximate surface area is 121 Å². The maximum absolute atomic E-state index is 11.2. The summed E-state index contributed by atoms with van der Waals surface area (Å²) in [5.74, 6) is -0.971. The Kier molecular flexibility index (Phi) is 3.59. The molecule has 1 heterocycles. The van der Waals surface area contributed by atoms with E-state index in [1.54, 1.807) is 22.9 Å². The lowest BCUT2D eigenvalue weighted by Gasteiger charge is -2.09. The van der Waals surface area contributed by atoms with Gasteiger partial charge in [-0.1, -0.05) is 15.9 Å². The topological polar surface area (TPSA) is 55.1 Å². The van der Waals surface area contributed by atoms with Crippen LogP contribution in [-0.2, 0) is 0 Å². The first-order chi connectivity index (χ1) is 8.41. The van der Waals surface area contributed by atoms with Crippen molar-refractivity contribution in [2.24, 2.45) is 0 Å². The van der Waals surface area contributed by atoms with E-state index < -0.39 is 5.97 Å². The van der Waals surface area contributed by atoms with Gasteiger partial charge in [0.05, 0.1) is 27.1 Å². The molecule has 0 aliphatic heterocycles. The largest absolute Gasteiger partial charge is 0.478 e. The highest BCUT2D eigenvalue weighted by Gasteiger charge is 2.17. The van der Waals surface area contributed by atoms with Crippen LogP contribution in [0, 0.1) is 13.8 Å². The number of hydrogen-bond donors (Lipinski definition) is 1. The normalized spacial score (nSPS) is 10.7. The fraction of sp³-hybridized carbons (Fsp3) is 0.167. The summed E-state index contributed by atoms with van der Waals surface area (Å²) in [7, 11) is 0. The molecule has 0 saturated carbocycles. The number of benzene rings is 1. The molecule has 2 rings (SSSR count). The van der Waals surface area contributed by atoms with Crippen LogP contribution in [0.25, 0.3) is 5.69 Å². The quantitative estimate of drug-likeness (QED) is 0.872. The zero-order chi connectivity index (χ0) is 13.4. The van der Waals surface area contributed by atoms with Gasteiger partial charge >= 0.3 is 5.97 Å². The highest BCUT2D eigenvalue weighted by Crippen LogP contribution is 2.26. The Hall–Kier alpha value is -1.14. The molecule has 4 nitrogen and oxygen atoms in total. The minimum atomic E-state index is -0.971. The van der Waals surface area contributed by atoms with Crippen LogP contribution in [0.15, 0.2) is 27.1 Å². The molecule has 0 unspecified atom stereocenters. The Balaban J connectivity index is 2.73. The third-order valence-electron chi connectivity index (χ3n) is 2.62. The van der Waals surface area contributed by atoms with Gasteiger partial charge in [0.15, 0.2) is 0 Å². The summed E-state index contributed by atoms with van der Waals surface area (Å²) in [5, 5.41) is 13.6. The maximum atomic E-state index is 11.2. The number of nitrogens with zero attached hydrogens (tertiary/aromatic N) is 2. The van der Waals surface area contributed by atoms with E-state index in [0.29, 0.717) is 5.69 Å². The van der Waals surface area contributed by atoms with Gasteiger partial charge in [0, 0.05) is 4.47 Å². The van der Waals surface area contributed by atoms with Crippen molar-refractivity contribution in [2.75, 3.05) is 0 Å². The molecular formula is C12H10Br2N2O2. The van der Waals surface area contributed by atoms with Gasteiger partial charge in [-0.05, 0) is 48.0 Å². The van der Waals surface area contributed by atoms with Crippen molar-refractivity contribution in [3.8, 4) is 5.69 Å². The summed E-state index contributed by atoms with van der Waals surface area (Å²) < 4.78 is 3.33. The fourth-order valence-corrected chi connectivity index (χ4v) is 2.32. The van der Waals surface area contributed by atoms with Crippen LogP contribution in [0.1, 0.15) is 21.7 Å². The molecule has 1 N–H and O–H groups in total. The summed E-state index contributed by atoms with van der Waals surface area (Å²) in [5.41, 5.74) is 2.45. The number of aromatic carboxylic acids is 1. The van der Waals surface area contributed by atoms with Gasteiger partial charge in [-0.25, -0.2) is 9.48 Å². The molecule has 18 heavy (non-hydrogen) atoms. The molecule has 6 heteroatoms. The number of carbonyl (C=O) groups is 1. The second-order valence-electron chi connectivity index (χ2n) is 3.86. The number of carboxylic acids is 1. The van der Waals surface area contributed by atoms with Gasteiger partial charge < -0.3 is 5.11 Å². The van der Waals surface area contributed by atoms with Crippen molar-refractivity contribution < 1.29 is 9.90 Å². The second kappa shape index (κ2) is 4.85. The van der Waals surface area contributed by atoms with E-state index >= 15 is 0 Å². The number of hydrogen-bond acceptors (Lipinski definition) is 2.